The van der Waals surface area contributed by atoms with Crippen LogP contribution in [0.15, 0.2) is 47.4 Å². The summed E-state index contributed by atoms with van der Waals surface area (Å²) in [5.41, 5.74) is 0.521. The Morgan fingerprint density at radius 2 is 1.88 bits per heavy atom. The third kappa shape index (κ3) is 3.75. The summed E-state index contributed by atoms with van der Waals surface area (Å²) in [5.74, 6) is -0.834. The van der Waals surface area contributed by atoms with Gasteiger partial charge in [0.05, 0.1) is 4.90 Å². The summed E-state index contributed by atoms with van der Waals surface area (Å²) in [5, 5.41) is 2.68. The van der Waals surface area contributed by atoms with E-state index in [1.54, 1.807) is 0 Å². The fraction of sp³-hybridized carbons (Fsp3) is 0.278. The number of hydrogen-bond donors (Lipinski definition) is 1. The van der Waals surface area contributed by atoms with E-state index in [0.29, 0.717) is 5.56 Å². The summed E-state index contributed by atoms with van der Waals surface area (Å²) < 4.78 is 41.5. The monoisotopic (exact) mass is 396 g/mol. The minimum Gasteiger partial charge on any atom is -0.355 e. The Labute approximate surface area is 156 Å². The number of carbonyl (C=O) groups is 1. The normalized spacial score (nSPS) is 14.5. The smallest absolute Gasteiger partial charge is 0.251 e. The molecule has 0 spiro atoms. The van der Waals surface area contributed by atoms with Crippen LogP contribution in [0.2, 0.25) is 5.02 Å². The van der Waals surface area contributed by atoms with E-state index in [9.17, 15) is 17.6 Å². The number of amides is 1. The van der Waals surface area contributed by atoms with Crippen molar-refractivity contribution >= 4 is 27.5 Å². The van der Waals surface area contributed by atoms with Crippen molar-refractivity contribution in [3.8, 4) is 0 Å². The van der Waals surface area contributed by atoms with E-state index in [2.05, 4.69) is 5.32 Å². The topological polar surface area (TPSA) is 66.5 Å². The Balaban J connectivity index is 1.93. The van der Waals surface area contributed by atoms with Crippen molar-refractivity contribution in [2.45, 2.75) is 30.3 Å². The summed E-state index contributed by atoms with van der Waals surface area (Å²) in [4.78, 5) is 11.7. The van der Waals surface area contributed by atoms with E-state index in [4.69, 9.17) is 11.6 Å². The minimum absolute atomic E-state index is 0.0597. The molecule has 0 atom stereocenters. The van der Waals surface area contributed by atoms with Crippen LogP contribution in [0.4, 0.5) is 4.39 Å². The quantitative estimate of drug-likeness (QED) is 0.815. The summed E-state index contributed by atoms with van der Waals surface area (Å²) in [6.45, 7) is -0.129. The van der Waals surface area contributed by atoms with Gasteiger partial charge in [-0.15, -0.1) is 0 Å². The molecule has 3 rings (SSSR count). The van der Waals surface area contributed by atoms with E-state index in [0.717, 1.165) is 12.8 Å². The maximum Gasteiger partial charge on any atom is 0.251 e. The molecule has 0 radical (unpaired) electrons. The van der Waals surface area contributed by atoms with Crippen molar-refractivity contribution in [3.05, 3.63) is 64.4 Å². The lowest BCUT2D eigenvalue weighted by Crippen LogP contribution is -2.33. The number of nitrogens with one attached hydrogen (secondary N) is 1. The molecule has 1 aliphatic carbocycles. The Bertz CT molecular complexity index is 908. The molecule has 1 saturated carbocycles. The molecule has 2 aromatic carbocycles. The Morgan fingerprint density at radius 1 is 1.23 bits per heavy atom. The summed E-state index contributed by atoms with van der Waals surface area (Å²) in [6, 6.07) is 9.78. The molecular formula is C18H18ClFN2O3S. The molecule has 0 aromatic heterocycles. The largest absolute Gasteiger partial charge is 0.355 e. The van der Waals surface area contributed by atoms with Crippen molar-refractivity contribution < 1.29 is 17.6 Å². The molecule has 1 aliphatic rings. The predicted octanol–water partition coefficient (Wildman–Crippen LogP) is 3.19. The Morgan fingerprint density at radius 3 is 2.42 bits per heavy atom. The molecule has 0 saturated heterocycles. The first-order valence-corrected chi connectivity index (χ1v) is 9.93. The number of hydrogen-bond acceptors (Lipinski definition) is 3. The van der Waals surface area contributed by atoms with Gasteiger partial charge in [-0.3, -0.25) is 4.79 Å². The molecule has 2 aromatic rings. The van der Waals surface area contributed by atoms with Crippen LogP contribution in [0.5, 0.6) is 0 Å². The van der Waals surface area contributed by atoms with Crippen molar-refractivity contribution in [1.82, 2.24) is 9.62 Å². The molecule has 8 heteroatoms. The maximum atomic E-state index is 14.1. The molecule has 0 aliphatic heterocycles. The second kappa shape index (κ2) is 7.34. The lowest BCUT2D eigenvalue weighted by atomic mass is 10.2. The van der Waals surface area contributed by atoms with Crippen molar-refractivity contribution in [1.29, 1.82) is 0 Å². The molecule has 138 valence electrons. The molecule has 0 heterocycles. The number of nitrogens with zero attached hydrogens (tertiary/aromatic N) is 1. The van der Waals surface area contributed by atoms with E-state index >= 15 is 0 Å². The van der Waals surface area contributed by atoms with Gasteiger partial charge in [0.25, 0.3) is 5.91 Å². The fourth-order valence-corrected chi connectivity index (χ4v) is 4.55. The third-order valence-corrected chi connectivity index (χ3v) is 6.55. The van der Waals surface area contributed by atoms with Crippen LogP contribution in [0.3, 0.4) is 0 Å². The highest BCUT2D eigenvalue weighted by atomic mass is 35.5. The zero-order valence-electron chi connectivity index (χ0n) is 14.1. The molecule has 1 amide bonds. The van der Waals surface area contributed by atoms with Crippen LogP contribution < -0.4 is 5.32 Å². The maximum absolute atomic E-state index is 14.1. The van der Waals surface area contributed by atoms with Gasteiger partial charge >= 0.3 is 0 Å². The standard InChI is InChI=1S/C18H18ClFN2O3S/c1-21-18(23)12-5-9-14(10-6-12)26(24,25)22(13-7-8-13)11-15-16(19)3-2-4-17(15)20/h2-6,9-10,13H,7-8,11H2,1H3,(H,21,23). The molecule has 1 N–H and O–H groups in total. The van der Waals surface area contributed by atoms with Crippen LogP contribution in [0.25, 0.3) is 0 Å². The van der Waals surface area contributed by atoms with Crippen LogP contribution in [0, 0.1) is 5.82 Å². The van der Waals surface area contributed by atoms with E-state index in [-0.39, 0.29) is 34.0 Å². The molecule has 5 nitrogen and oxygen atoms in total. The molecule has 1 fully saturated rings. The van der Waals surface area contributed by atoms with Crippen molar-refractivity contribution in [2.24, 2.45) is 0 Å². The van der Waals surface area contributed by atoms with E-state index in [1.165, 1.54) is 53.8 Å². The van der Waals surface area contributed by atoms with Gasteiger partial charge in [-0.1, -0.05) is 17.7 Å². The molecule has 26 heavy (non-hydrogen) atoms. The number of sulfonamides is 1. The summed E-state index contributed by atoms with van der Waals surface area (Å²) >= 11 is 6.06. The van der Waals surface area contributed by atoms with Gasteiger partial charge in [-0.2, -0.15) is 4.31 Å². The van der Waals surface area contributed by atoms with Crippen molar-refractivity contribution in [2.75, 3.05) is 7.05 Å². The molecular weight excluding hydrogens is 379 g/mol. The summed E-state index contributed by atoms with van der Waals surface area (Å²) in [7, 11) is -2.34. The second-order valence-corrected chi connectivity index (χ2v) is 8.38. The van der Waals surface area contributed by atoms with E-state index < -0.39 is 15.8 Å². The second-order valence-electron chi connectivity index (χ2n) is 6.09. The first-order valence-electron chi connectivity index (χ1n) is 8.11. The first kappa shape index (κ1) is 18.8. The Hall–Kier alpha value is -1.96. The van der Waals surface area contributed by atoms with Gasteiger partial charge in [0.15, 0.2) is 0 Å². The third-order valence-electron chi connectivity index (χ3n) is 4.28. The van der Waals surface area contributed by atoms with Crippen LogP contribution in [-0.4, -0.2) is 31.7 Å². The van der Waals surface area contributed by atoms with Crippen LogP contribution in [0.1, 0.15) is 28.8 Å². The highest BCUT2D eigenvalue weighted by Gasteiger charge is 2.38. The zero-order valence-corrected chi connectivity index (χ0v) is 15.6. The molecule has 0 bridgehead atoms. The number of benzene rings is 2. The molecule has 0 unspecified atom stereocenters. The number of carbonyl (C=O) groups excluding carboxylic acids is 1. The van der Waals surface area contributed by atoms with Gasteiger partial charge in [-0.25, -0.2) is 12.8 Å². The van der Waals surface area contributed by atoms with Crippen molar-refractivity contribution in [3.63, 3.8) is 0 Å². The highest BCUT2D eigenvalue weighted by Crippen LogP contribution is 2.35. The van der Waals surface area contributed by atoms with Crippen LogP contribution >= 0.6 is 11.6 Å². The predicted molar refractivity (Wildman–Crippen MR) is 97.0 cm³/mol. The average molecular weight is 397 g/mol. The highest BCUT2D eigenvalue weighted by molar-refractivity contribution is 7.89. The zero-order chi connectivity index (χ0) is 18.9. The average Bonchev–Trinajstić information content (AvgIpc) is 3.45. The van der Waals surface area contributed by atoms with Gasteiger partial charge in [0, 0.05) is 35.8 Å². The Kier molecular flexibility index (Phi) is 5.32. The lowest BCUT2D eigenvalue weighted by molar-refractivity contribution is 0.0963. The number of rotatable bonds is 6. The van der Waals surface area contributed by atoms with E-state index in [1.807, 2.05) is 0 Å². The van der Waals surface area contributed by atoms with Gasteiger partial charge in [0.1, 0.15) is 5.82 Å². The van der Waals surface area contributed by atoms with Gasteiger partial charge in [0.2, 0.25) is 10.0 Å². The summed E-state index contributed by atoms with van der Waals surface area (Å²) in [6.07, 6.45) is 1.45. The SMILES string of the molecule is CNC(=O)c1ccc(S(=O)(=O)N(Cc2c(F)cccc2Cl)C2CC2)cc1. The van der Waals surface area contributed by atoms with Gasteiger partial charge < -0.3 is 5.32 Å². The van der Waals surface area contributed by atoms with Gasteiger partial charge in [-0.05, 0) is 49.2 Å². The number of halogens is 2. The minimum atomic E-state index is -3.84. The fourth-order valence-electron chi connectivity index (χ4n) is 2.67. The van der Waals surface area contributed by atoms with Crippen LogP contribution in [-0.2, 0) is 16.6 Å². The first-order chi connectivity index (χ1) is 12.3. The lowest BCUT2D eigenvalue weighted by Gasteiger charge is -2.23.